The van der Waals surface area contributed by atoms with Crippen molar-refractivity contribution in [3.05, 3.63) is 29.1 Å². The predicted octanol–water partition coefficient (Wildman–Crippen LogP) is 2.83. The van der Waals surface area contributed by atoms with Gasteiger partial charge >= 0.3 is 0 Å². The van der Waals surface area contributed by atoms with Crippen LogP contribution in [0.15, 0.2) is 28.7 Å². The van der Waals surface area contributed by atoms with Crippen molar-refractivity contribution in [3.63, 3.8) is 0 Å². The first kappa shape index (κ1) is 18.2. The Morgan fingerprint density at radius 1 is 1.26 bits per heavy atom. The van der Waals surface area contributed by atoms with Crippen molar-refractivity contribution in [1.29, 1.82) is 0 Å². The third-order valence-electron chi connectivity index (χ3n) is 5.16. The molecule has 4 rings (SSSR count). The third kappa shape index (κ3) is 4.39. The maximum Gasteiger partial charge on any atom is 0.288 e. The molecule has 0 radical (unpaired) electrons. The lowest BCUT2D eigenvalue weighted by Crippen LogP contribution is -2.45. The summed E-state index contributed by atoms with van der Waals surface area (Å²) in [6.07, 6.45) is 4.00. The number of rotatable bonds is 6. The van der Waals surface area contributed by atoms with Crippen LogP contribution in [0.1, 0.15) is 25.7 Å². The number of nitrogens with one attached hydrogen (secondary N) is 1. The van der Waals surface area contributed by atoms with E-state index in [1.54, 1.807) is 11.8 Å². The van der Waals surface area contributed by atoms with E-state index in [1.807, 2.05) is 24.3 Å². The highest BCUT2D eigenvalue weighted by Gasteiger charge is 2.31. The van der Waals surface area contributed by atoms with Gasteiger partial charge in [-0.15, -0.1) is 5.10 Å². The molecule has 1 amide bonds. The Labute approximate surface area is 163 Å². The number of piperidine rings is 1. The molecule has 1 aromatic carbocycles. The van der Waals surface area contributed by atoms with Crippen molar-refractivity contribution in [3.8, 4) is 17.2 Å². The number of hydrogen-bond donors (Lipinski definition) is 1. The molecule has 1 saturated heterocycles. The Kier molecular flexibility index (Phi) is 5.27. The van der Waals surface area contributed by atoms with Crippen LogP contribution in [0.2, 0.25) is 0 Å². The largest absolute Gasteiger partial charge is 0.497 e. The number of carbonyl (C=O) groups is 1. The summed E-state index contributed by atoms with van der Waals surface area (Å²) in [6, 6.07) is 7.83. The molecule has 1 aliphatic carbocycles. The molecule has 0 spiro atoms. The van der Waals surface area contributed by atoms with Crippen molar-refractivity contribution >= 4 is 18.1 Å². The van der Waals surface area contributed by atoms with Crippen LogP contribution in [-0.4, -0.2) is 46.8 Å². The maximum absolute atomic E-state index is 11.9. The van der Waals surface area contributed by atoms with Gasteiger partial charge in [-0.3, -0.25) is 9.69 Å². The van der Waals surface area contributed by atoms with Crippen molar-refractivity contribution < 1.29 is 13.9 Å². The number of benzene rings is 1. The fourth-order valence-electron chi connectivity index (χ4n) is 3.32. The highest BCUT2D eigenvalue weighted by Crippen LogP contribution is 2.29. The Bertz CT molecular complexity index is 849. The lowest BCUT2D eigenvalue weighted by Gasteiger charge is -2.31. The molecule has 2 heterocycles. The molecule has 1 aromatic heterocycles. The summed E-state index contributed by atoms with van der Waals surface area (Å²) in [7, 11) is 1.63. The Balaban J connectivity index is 1.34. The van der Waals surface area contributed by atoms with Gasteiger partial charge in [0.2, 0.25) is 11.8 Å². The first-order valence-electron chi connectivity index (χ1n) is 9.37. The summed E-state index contributed by atoms with van der Waals surface area (Å²) in [5.41, 5.74) is 0.863. The highest BCUT2D eigenvalue weighted by molar-refractivity contribution is 7.71. The van der Waals surface area contributed by atoms with Gasteiger partial charge in [-0.2, -0.15) is 0 Å². The van der Waals surface area contributed by atoms with E-state index in [0.29, 0.717) is 17.4 Å². The zero-order valence-corrected chi connectivity index (χ0v) is 16.2. The highest BCUT2D eigenvalue weighted by atomic mass is 32.1. The first-order valence-corrected chi connectivity index (χ1v) is 9.78. The van der Waals surface area contributed by atoms with Gasteiger partial charge in [0.1, 0.15) is 5.75 Å². The van der Waals surface area contributed by atoms with E-state index in [2.05, 4.69) is 15.3 Å². The quantitative estimate of drug-likeness (QED) is 0.767. The van der Waals surface area contributed by atoms with Crippen LogP contribution < -0.4 is 10.1 Å². The van der Waals surface area contributed by atoms with Gasteiger partial charge in [-0.05, 0) is 62.2 Å². The SMILES string of the molecule is COc1ccc(-c2nn(CN3CCC(NC(=O)C4CC4)CC3)c(=S)o2)cc1. The molecule has 2 aliphatic rings. The summed E-state index contributed by atoms with van der Waals surface area (Å²) < 4.78 is 12.6. The summed E-state index contributed by atoms with van der Waals surface area (Å²) in [4.78, 5) is 14.5. The fourth-order valence-corrected chi connectivity index (χ4v) is 3.50. The molecule has 2 fully saturated rings. The van der Waals surface area contributed by atoms with Gasteiger partial charge < -0.3 is 14.5 Å². The second-order valence-corrected chi connectivity index (χ2v) is 7.57. The van der Waals surface area contributed by atoms with Gasteiger partial charge in [0.25, 0.3) is 4.84 Å². The van der Waals surface area contributed by atoms with Crippen LogP contribution in [0.4, 0.5) is 0 Å². The van der Waals surface area contributed by atoms with Crippen molar-refractivity contribution in [2.24, 2.45) is 5.92 Å². The number of methoxy groups -OCH3 is 1. The van der Waals surface area contributed by atoms with Crippen molar-refractivity contribution in [1.82, 2.24) is 20.0 Å². The Morgan fingerprint density at radius 3 is 2.59 bits per heavy atom. The van der Waals surface area contributed by atoms with Crippen molar-refractivity contribution in [2.45, 2.75) is 38.4 Å². The standard InChI is InChI=1S/C19H24N4O3S/c1-25-16-6-4-14(5-7-16)18-21-23(19(27)26-18)12-22-10-8-15(9-11-22)20-17(24)13-2-3-13/h4-7,13,15H,2-3,8-12H2,1H3,(H,20,24). The smallest absolute Gasteiger partial charge is 0.288 e. The van der Waals surface area contributed by atoms with E-state index < -0.39 is 0 Å². The zero-order valence-electron chi connectivity index (χ0n) is 15.4. The second kappa shape index (κ2) is 7.82. The summed E-state index contributed by atoms with van der Waals surface area (Å²) >= 11 is 5.33. The van der Waals surface area contributed by atoms with Gasteiger partial charge in [-0.25, -0.2) is 4.68 Å². The van der Waals surface area contributed by atoms with Crippen LogP contribution in [-0.2, 0) is 11.5 Å². The number of amides is 1. The van der Waals surface area contributed by atoms with Gasteiger partial charge in [0, 0.05) is 30.6 Å². The lowest BCUT2D eigenvalue weighted by atomic mass is 10.1. The molecular formula is C19H24N4O3S. The molecule has 7 nitrogen and oxygen atoms in total. The monoisotopic (exact) mass is 388 g/mol. The van der Waals surface area contributed by atoms with Crippen LogP contribution in [0.3, 0.4) is 0 Å². The molecule has 0 unspecified atom stereocenters. The molecule has 1 N–H and O–H groups in total. The zero-order chi connectivity index (χ0) is 18.8. The van der Waals surface area contributed by atoms with Gasteiger partial charge in [0.15, 0.2) is 0 Å². The average Bonchev–Trinajstić information content (AvgIpc) is 3.48. The van der Waals surface area contributed by atoms with Crippen LogP contribution in [0, 0.1) is 10.8 Å². The minimum atomic E-state index is 0.233. The maximum atomic E-state index is 11.9. The first-order chi connectivity index (χ1) is 13.1. The molecule has 1 aliphatic heterocycles. The summed E-state index contributed by atoms with van der Waals surface area (Å²) in [5.74, 6) is 1.80. The summed E-state index contributed by atoms with van der Waals surface area (Å²) in [5, 5.41) is 7.70. The Hall–Kier alpha value is -2.19. The molecule has 0 bridgehead atoms. The van der Waals surface area contributed by atoms with E-state index >= 15 is 0 Å². The predicted molar refractivity (Wildman–Crippen MR) is 103 cm³/mol. The number of carbonyl (C=O) groups excluding carboxylic acids is 1. The van der Waals surface area contributed by atoms with Crippen LogP contribution in [0.25, 0.3) is 11.5 Å². The van der Waals surface area contributed by atoms with E-state index in [9.17, 15) is 4.79 Å². The number of hydrogen-bond acceptors (Lipinski definition) is 6. The third-order valence-corrected chi connectivity index (χ3v) is 5.45. The van der Waals surface area contributed by atoms with Gasteiger partial charge in [0.05, 0.1) is 13.8 Å². The molecule has 8 heteroatoms. The molecule has 144 valence electrons. The van der Waals surface area contributed by atoms with E-state index in [4.69, 9.17) is 21.4 Å². The molecule has 0 atom stereocenters. The number of ether oxygens (including phenoxy) is 1. The number of aromatic nitrogens is 2. The minimum Gasteiger partial charge on any atom is -0.497 e. The van der Waals surface area contributed by atoms with Gasteiger partial charge in [-0.1, -0.05) is 0 Å². The number of nitrogens with zero attached hydrogens (tertiary/aromatic N) is 3. The normalized spacial score (nSPS) is 18.4. The number of likely N-dealkylation sites (tertiary alicyclic amines) is 1. The molecule has 27 heavy (non-hydrogen) atoms. The topological polar surface area (TPSA) is 72.5 Å². The fraction of sp³-hybridized carbons (Fsp3) is 0.526. The lowest BCUT2D eigenvalue weighted by molar-refractivity contribution is -0.123. The van der Waals surface area contributed by atoms with Crippen LogP contribution in [0.5, 0.6) is 5.75 Å². The van der Waals surface area contributed by atoms with E-state index in [1.165, 1.54) is 0 Å². The Morgan fingerprint density at radius 2 is 1.96 bits per heavy atom. The van der Waals surface area contributed by atoms with Crippen LogP contribution >= 0.6 is 12.2 Å². The second-order valence-electron chi connectivity index (χ2n) is 7.22. The molecular weight excluding hydrogens is 364 g/mol. The van der Waals surface area contributed by atoms with Crippen molar-refractivity contribution in [2.75, 3.05) is 20.2 Å². The van der Waals surface area contributed by atoms with E-state index in [0.717, 1.165) is 50.1 Å². The van der Waals surface area contributed by atoms with E-state index in [-0.39, 0.29) is 17.9 Å². The minimum absolute atomic E-state index is 0.233. The molecule has 2 aromatic rings. The average molecular weight is 388 g/mol. The summed E-state index contributed by atoms with van der Waals surface area (Å²) in [6.45, 7) is 2.41. The molecule has 1 saturated carbocycles.